The van der Waals surface area contributed by atoms with Crippen molar-refractivity contribution in [1.29, 1.82) is 0 Å². The third-order valence-corrected chi connectivity index (χ3v) is 4.62. The van der Waals surface area contributed by atoms with Crippen LogP contribution >= 0.6 is 23.7 Å². The van der Waals surface area contributed by atoms with Crippen molar-refractivity contribution in [2.24, 2.45) is 0 Å². The molecule has 0 amide bonds. The minimum Gasteiger partial charge on any atom is -0.375 e. The number of thiazole rings is 1. The van der Waals surface area contributed by atoms with Gasteiger partial charge in [0.05, 0.1) is 5.69 Å². The van der Waals surface area contributed by atoms with Gasteiger partial charge in [0, 0.05) is 30.2 Å². The Morgan fingerprint density at radius 1 is 1.44 bits per heavy atom. The van der Waals surface area contributed by atoms with E-state index in [0.29, 0.717) is 5.13 Å². The van der Waals surface area contributed by atoms with E-state index in [0.717, 1.165) is 23.7 Å². The molecule has 2 heterocycles. The second-order valence-electron chi connectivity index (χ2n) is 5.41. The molecule has 1 aromatic carbocycles. The predicted molar refractivity (Wildman–Crippen MR) is 102 cm³/mol. The fourth-order valence-corrected chi connectivity index (χ4v) is 3.25. The monoisotopic (exact) mass is 377 g/mol. The molecule has 0 aliphatic carbocycles. The van der Waals surface area contributed by atoms with Gasteiger partial charge in [0.1, 0.15) is 6.33 Å². The first-order chi connectivity index (χ1) is 11.7. The summed E-state index contributed by atoms with van der Waals surface area (Å²) >= 11 is 1.52. The number of halogens is 1. The van der Waals surface area contributed by atoms with Crippen LogP contribution in [0.2, 0.25) is 0 Å². The van der Waals surface area contributed by atoms with Gasteiger partial charge in [-0.1, -0.05) is 18.2 Å². The van der Waals surface area contributed by atoms with E-state index in [1.165, 1.54) is 16.9 Å². The molecule has 0 aliphatic heterocycles. The maximum absolute atomic E-state index is 5.74. The van der Waals surface area contributed by atoms with Crippen LogP contribution in [0.25, 0.3) is 5.69 Å². The van der Waals surface area contributed by atoms with E-state index in [2.05, 4.69) is 51.0 Å². The van der Waals surface area contributed by atoms with Crippen molar-refractivity contribution in [3.05, 3.63) is 59.9 Å². The lowest BCUT2D eigenvalue weighted by atomic mass is 10.1. The lowest BCUT2D eigenvalue weighted by Gasteiger charge is -2.28. The zero-order chi connectivity index (χ0) is 16.9. The number of nitrogens with zero attached hydrogens (tertiary/aromatic N) is 6. The minimum atomic E-state index is 0. The Kier molecular flexibility index (Phi) is 6.63. The summed E-state index contributed by atoms with van der Waals surface area (Å²) in [6, 6.07) is 8.39. The second-order valence-corrected chi connectivity index (χ2v) is 6.56. The van der Waals surface area contributed by atoms with Crippen molar-refractivity contribution >= 4 is 28.9 Å². The van der Waals surface area contributed by atoms with Crippen LogP contribution in [0.3, 0.4) is 0 Å². The van der Waals surface area contributed by atoms with Crippen molar-refractivity contribution in [1.82, 2.24) is 30.1 Å². The van der Waals surface area contributed by atoms with Crippen molar-refractivity contribution in [3.63, 3.8) is 0 Å². The number of nitrogen functional groups attached to an aromatic ring is 1. The van der Waals surface area contributed by atoms with E-state index in [-0.39, 0.29) is 18.4 Å². The smallest absolute Gasteiger partial charge is 0.180 e. The van der Waals surface area contributed by atoms with Gasteiger partial charge in [0.2, 0.25) is 0 Å². The summed E-state index contributed by atoms with van der Waals surface area (Å²) in [5, 5.41) is 11.9. The fourth-order valence-electron chi connectivity index (χ4n) is 2.54. The van der Waals surface area contributed by atoms with E-state index in [4.69, 9.17) is 5.73 Å². The molecule has 3 aromatic rings. The number of hydrogen-bond acceptors (Lipinski definition) is 7. The number of aromatic nitrogens is 5. The molecule has 0 bridgehead atoms. The summed E-state index contributed by atoms with van der Waals surface area (Å²) in [6.07, 6.45) is 5.33. The topological polar surface area (TPSA) is 85.8 Å². The fraction of sp³-hybridized carbons (Fsp3) is 0.250. The zero-order valence-corrected chi connectivity index (χ0v) is 15.5. The maximum atomic E-state index is 5.74. The van der Waals surface area contributed by atoms with Crippen LogP contribution in [-0.2, 0) is 6.54 Å². The summed E-state index contributed by atoms with van der Waals surface area (Å²) in [7, 11) is 0. The maximum Gasteiger partial charge on any atom is 0.180 e. The van der Waals surface area contributed by atoms with Gasteiger partial charge < -0.3 is 5.73 Å². The van der Waals surface area contributed by atoms with Gasteiger partial charge in [-0.05, 0) is 35.0 Å². The summed E-state index contributed by atoms with van der Waals surface area (Å²) in [4.78, 5) is 7.58. The Balaban J connectivity index is 0.00000225. The second kappa shape index (κ2) is 8.70. The standard InChI is InChI=1S/C16H19N7S.ClH/c1-3-7-22(10-15-9-18-16(17)24-15)12(2)13-5-4-6-14(8-13)23-11-19-20-21-23;/h3-6,8-9,11-12H,1,7,10H2,2H3,(H2,17,18);1H. The summed E-state index contributed by atoms with van der Waals surface area (Å²) in [5.74, 6) is 0. The molecule has 25 heavy (non-hydrogen) atoms. The first-order valence-electron chi connectivity index (χ1n) is 7.56. The SMILES string of the molecule is C=CCN(Cc1cnc(N)s1)C(C)c1cccc(-n2cnnn2)c1.Cl. The van der Waals surface area contributed by atoms with Gasteiger partial charge in [0.15, 0.2) is 5.13 Å². The van der Waals surface area contributed by atoms with Gasteiger partial charge in [-0.2, -0.15) is 0 Å². The molecular weight excluding hydrogens is 358 g/mol. The number of nitrogens with two attached hydrogens (primary N) is 1. The lowest BCUT2D eigenvalue weighted by Crippen LogP contribution is -2.26. The van der Waals surface area contributed by atoms with Gasteiger partial charge in [0.25, 0.3) is 0 Å². The molecule has 7 nitrogen and oxygen atoms in total. The normalized spacial score (nSPS) is 11.9. The lowest BCUT2D eigenvalue weighted by molar-refractivity contribution is 0.227. The number of tetrazole rings is 1. The van der Waals surface area contributed by atoms with E-state index < -0.39 is 0 Å². The molecule has 0 aliphatic rings. The van der Waals surface area contributed by atoms with Crippen molar-refractivity contribution in [2.75, 3.05) is 12.3 Å². The average Bonchev–Trinajstić information content (AvgIpc) is 3.26. The van der Waals surface area contributed by atoms with Crippen LogP contribution < -0.4 is 5.73 Å². The van der Waals surface area contributed by atoms with Crippen molar-refractivity contribution < 1.29 is 0 Å². The Hall–Kier alpha value is -2.29. The van der Waals surface area contributed by atoms with Crippen LogP contribution in [0.5, 0.6) is 0 Å². The first kappa shape index (κ1) is 19.0. The predicted octanol–water partition coefficient (Wildman–Crippen LogP) is 2.87. The highest BCUT2D eigenvalue weighted by Crippen LogP contribution is 2.26. The highest BCUT2D eigenvalue weighted by atomic mass is 35.5. The van der Waals surface area contributed by atoms with E-state index >= 15 is 0 Å². The Bertz CT molecular complexity index is 802. The number of benzene rings is 1. The average molecular weight is 378 g/mol. The van der Waals surface area contributed by atoms with Crippen LogP contribution in [0.15, 0.2) is 49.4 Å². The highest BCUT2D eigenvalue weighted by Gasteiger charge is 2.17. The van der Waals surface area contributed by atoms with E-state index in [1.807, 2.05) is 24.4 Å². The number of rotatable bonds is 7. The molecule has 9 heteroatoms. The molecule has 0 radical (unpaired) electrons. The first-order valence-corrected chi connectivity index (χ1v) is 8.37. The van der Waals surface area contributed by atoms with Crippen LogP contribution in [-0.4, -0.2) is 36.6 Å². The highest BCUT2D eigenvalue weighted by molar-refractivity contribution is 7.15. The van der Waals surface area contributed by atoms with Crippen LogP contribution in [0, 0.1) is 0 Å². The zero-order valence-electron chi connectivity index (χ0n) is 13.8. The molecular formula is C16H20ClN7S. The van der Waals surface area contributed by atoms with Gasteiger partial charge >= 0.3 is 0 Å². The molecule has 0 saturated carbocycles. The molecule has 1 unspecified atom stereocenters. The Labute approximate surface area is 156 Å². The minimum absolute atomic E-state index is 0. The van der Waals surface area contributed by atoms with Crippen LogP contribution in [0.1, 0.15) is 23.4 Å². The Morgan fingerprint density at radius 3 is 2.92 bits per heavy atom. The molecule has 0 fully saturated rings. The molecule has 3 rings (SSSR count). The Morgan fingerprint density at radius 2 is 2.28 bits per heavy atom. The van der Waals surface area contributed by atoms with E-state index in [1.54, 1.807) is 11.0 Å². The summed E-state index contributed by atoms with van der Waals surface area (Å²) in [5.41, 5.74) is 7.85. The molecule has 1 atom stereocenters. The third-order valence-electron chi connectivity index (χ3n) is 3.81. The molecule has 2 N–H and O–H groups in total. The van der Waals surface area contributed by atoms with Gasteiger partial charge in [-0.15, -0.1) is 35.4 Å². The third kappa shape index (κ3) is 4.62. The largest absolute Gasteiger partial charge is 0.375 e. The molecule has 2 aromatic heterocycles. The van der Waals surface area contributed by atoms with Gasteiger partial charge in [-0.3, -0.25) is 4.90 Å². The summed E-state index contributed by atoms with van der Waals surface area (Å²) in [6.45, 7) is 7.59. The van der Waals surface area contributed by atoms with Gasteiger partial charge in [-0.25, -0.2) is 9.67 Å². The van der Waals surface area contributed by atoms with Crippen LogP contribution in [0.4, 0.5) is 5.13 Å². The number of anilines is 1. The quantitative estimate of drug-likeness (QED) is 0.637. The van der Waals surface area contributed by atoms with Crippen molar-refractivity contribution in [2.45, 2.75) is 19.5 Å². The summed E-state index contributed by atoms with van der Waals surface area (Å²) < 4.78 is 1.65. The number of hydrogen-bond donors (Lipinski definition) is 1. The molecule has 132 valence electrons. The molecule has 0 spiro atoms. The molecule has 0 saturated heterocycles. The van der Waals surface area contributed by atoms with Crippen molar-refractivity contribution in [3.8, 4) is 5.69 Å². The van der Waals surface area contributed by atoms with E-state index in [9.17, 15) is 0 Å².